The number of rotatable bonds is 6. The number of ether oxygens (including phenoxy) is 1. The SMILES string of the molecule is CC(C)(CN)c1ncc(-c2ccc3nc4n(c3c2)[C@@H](c2ccccc2OC(F)F)C[C@H]4F)cn1. The molecule has 0 radical (unpaired) electrons. The summed E-state index contributed by atoms with van der Waals surface area (Å²) >= 11 is 0. The lowest BCUT2D eigenvalue weighted by atomic mass is 9.92. The first-order valence-corrected chi connectivity index (χ1v) is 11.0. The third-order valence-electron chi connectivity index (χ3n) is 6.33. The Bertz CT molecular complexity index is 1340. The van der Waals surface area contributed by atoms with E-state index in [1.807, 2.05) is 32.0 Å². The Morgan fingerprint density at radius 3 is 2.56 bits per heavy atom. The molecule has 0 saturated heterocycles. The summed E-state index contributed by atoms with van der Waals surface area (Å²) in [6, 6.07) is 11.6. The first kappa shape index (κ1) is 22.3. The second-order valence-electron chi connectivity index (χ2n) is 9.06. The number of imidazole rings is 1. The lowest BCUT2D eigenvalue weighted by molar-refractivity contribution is -0.0507. The van der Waals surface area contributed by atoms with E-state index in [4.69, 9.17) is 10.5 Å². The Balaban J connectivity index is 1.58. The van der Waals surface area contributed by atoms with Gasteiger partial charge in [-0.3, -0.25) is 0 Å². The minimum atomic E-state index is -2.97. The van der Waals surface area contributed by atoms with E-state index in [0.717, 1.165) is 11.1 Å². The maximum absolute atomic E-state index is 15.0. The van der Waals surface area contributed by atoms with Crippen molar-refractivity contribution in [2.45, 2.75) is 44.5 Å². The van der Waals surface area contributed by atoms with Crippen LogP contribution < -0.4 is 10.5 Å². The highest BCUT2D eigenvalue weighted by Crippen LogP contribution is 2.45. The maximum Gasteiger partial charge on any atom is 0.387 e. The van der Waals surface area contributed by atoms with E-state index in [9.17, 15) is 13.2 Å². The zero-order chi connectivity index (χ0) is 24.0. The summed E-state index contributed by atoms with van der Waals surface area (Å²) in [5.41, 5.74) is 8.94. The minimum Gasteiger partial charge on any atom is -0.434 e. The number of nitrogens with two attached hydrogens (primary N) is 1. The van der Waals surface area contributed by atoms with Gasteiger partial charge in [0.15, 0.2) is 6.17 Å². The van der Waals surface area contributed by atoms with Crippen LogP contribution in [0.15, 0.2) is 54.9 Å². The molecule has 2 atom stereocenters. The largest absolute Gasteiger partial charge is 0.434 e. The summed E-state index contributed by atoms with van der Waals surface area (Å²) in [6.07, 6.45) is 2.26. The van der Waals surface area contributed by atoms with Gasteiger partial charge in [-0.25, -0.2) is 19.3 Å². The molecule has 1 aliphatic rings. The summed E-state index contributed by atoms with van der Waals surface area (Å²) in [5, 5.41) is 0. The maximum atomic E-state index is 15.0. The van der Waals surface area contributed by atoms with Gasteiger partial charge in [0.1, 0.15) is 17.4 Å². The van der Waals surface area contributed by atoms with Gasteiger partial charge in [0.2, 0.25) is 0 Å². The molecule has 0 aliphatic carbocycles. The molecule has 0 fully saturated rings. The fourth-order valence-electron chi connectivity index (χ4n) is 4.39. The van der Waals surface area contributed by atoms with Gasteiger partial charge in [-0.1, -0.05) is 38.1 Å². The Kier molecular flexibility index (Phi) is 5.51. The Morgan fingerprint density at radius 1 is 1.12 bits per heavy atom. The summed E-state index contributed by atoms with van der Waals surface area (Å²) < 4.78 is 47.5. The van der Waals surface area contributed by atoms with Crippen LogP contribution in [0.2, 0.25) is 0 Å². The number of aromatic nitrogens is 4. The second kappa shape index (κ2) is 8.39. The normalized spacial score (nSPS) is 18.0. The molecule has 6 nitrogen and oxygen atoms in total. The Morgan fingerprint density at radius 2 is 1.85 bits per heavy atom. The van der Waals surface area contributed by atoms with Gasteiger partial charge in [-0.05, 0) is 23.8 Å². The molecule has 3 heterocycles. The lowest BCUT2D eigenvalue weighted by Crippen LogP contribution is -2.30. The zero-order valence-electron chi connectivity index (χ0n) is 18.8. The van der Waals surface area contributed by atoms with Crippen LogP contribution in [0.4, 0.5) is 13.2 Å². The molecular formula is C25H24F3N5O. The van der Waals surface area contributed by atoms with Gasteiger partial charge in [-0.15, -0.1) is 0 Å². The van der Waals surface area contributed by atoms with Crippen molar-refractivity contribution in [1.82, 2.24) is 19.5 Å². The molecule has 9 heteroatoms. The van der Waals surface area contributed by atoms with Crippen molar-refractivity contribution >= 4 is 11.0 Å². The van der Waals surface area contributed by atoms with Crippen LogP contribution in [0.3, 0.4) is 0 Å². The van der Waals surface area contributed by atoms with Crippen LogP contribution in [-0.4, -0.2) is 32.7 Å². The highest BCUT2D eigenvalue weighted by atomic mass is 19.3. The van der Waals surface area contributed by atoms with Crippen molar-refractivity contribution in [3.8, 4) is 16.9 Å². The van der Waals surface area contributed by atoms with E-state index in [0.29, 0.717) is 29.0 Å². The number of alkyl halides is 3. The zero-order valence-corrected chi connectivity index (χ0v) is 18.8. The van der Waals surface area contributed by atoms with Crippen LogP contribution in [-0.2, 0) is 5.41 Å². The summed E-state index contributed by atoms with van der Waals surface area (Å²) in [7, 11) is 0. The van der Waals surface area contributed by atoms with Crippen molar-refractivity contribution in [3.63, 3.8) is 0 Å². The predicted molar refractivity (Wildman–Crippen MR) is 123 cm³/mol. The Hall–Kier alpha value is -3.46. The molecule has 34 heavy (non-hydrogen) atoms. The summed E-state index contributed by atoms with van der Waals surface area (Å²) in [6.45, 7) is 1.41. The molecule has 5 rings (SSSR count). The topological polar surface area (TPSA) is 78.8 Å². The molecule has 4 aromatic rings. The van der Waals surface area contributed by atoms with Crippen LogP contribution >= 0.6 is 0 Å². The van der Waals surface area contributed by atoms with Crippen molar-refractivity contribution in [2.75, 3.05) is 6.54 Å². The number of hydrogen-bond acceptors (Lipinski definition) is 5. The standard InChI is InChI=1S/C25H24F3N5O/c1-25(2,13-29)23-30-11-15(12-31-23)14-7-8-18-20(9-14)33-19(10-17(26)22(33)32-18)16-5-3-4-6-21(16)34-24(27)28/h3-9,11-12,17,19,24H,10,13,29H2,1-2H3/t17-,19-/m1/s1. The average Bonchev–Trinajstić information content (AvgIpc) is 3.36. The predicted octanol–water partition coefficient (Wildman–Crippen LogP) is 5.33. The van der Waals surface area contributed by atoms with Crippen molar-refractivity contribution in [3.05, 3.63) is 72.1 Å². The molecule has 0 unspecified atom stereocenters. The van der Waals surface area contributed by atoms with Crippen molar-refractivity contribution in [1.29, 1.82) is 0 Å². The highest BCUT2D eigenvalue weighted by molar-refractivity contribution is 5.83. The number of hydrogen-bond donors (Lipinski definition) is 1. The number of benzene rings is 2. The molecule has 2 N–H and O–H groups in total. The van der Waals surface area contributed by atoms with Crippen molar-refractivity contribution < 1.29 is 17.9 Å². The molecule has 176 valence electrons. The van der Waals surface area contributed by atoms with Crippen LogP contribution in [0, 0.1) is 0 Å². The third kappa shape index (κ3) is 3.79. The molecule has 0 spiro atoms. The number of para-hydroxylation sites is 1. The minimum absolute atomic E-state index is 0.0343. The van der Waals surface area contributed by atoms with E-state index in [1.165, 1.54) is 6.07 Å². The molecule has 0 bridgehead atoms. The van der Waals surface area contributed by atoms with Gasteiger partial charge in [-0.2, -0.15) is 8.78 Å². The lowest BCUT2D eigenvalue weighted by Gasteiger charge is -2.20. The fraction of sp³-hybridized carbons (Fsp3) is 0.320. The molecular weight excluding hydrogens is 443 g/mol. The van der Waals surface area contributed by atoms with Crippen LogP contribution in [0.5, 0.6) is 5.75 Å². The third-order valence-corrected chi connectivity index (χ3v) is 6.33. The van der Waals surface area contributed by atoms with Gasteiger partial charge in [0.25, 0.3) is 0 Å². The molecule has 2 aromatic heterocycles. The van der Waals surface area contributed by atoms with E-state index >= 15 is 0 Å². The summed E-state index contributed by atoms with van der Waals surface area (Å²) in [5.74, 6) is 0.966. The number of nitrogens with zero attached hydrogens (tertiary/aromatic N) is 4. The van der Waals surface area contributed by atoms with E-state index in [2.05, 4.69) is 15.0 Å². The molecule has 1 aliphatic heterocycles. The second-order valence-corrected chi connectivity index (χ2v) is 9.06. The van der Waals surface area contributed by atoms with Gasteiger partial charge in [0.05, 0.1) is 17.1 Å². The number of halogens is 3. The number of fused-ring (bicyclic) bond motifs is 3. The van der Waals surface area contributed by atoms with Gasteiger partial charge >= 0.3 is 6.61 Å². The van der Waals surface area contributed by atoms with E-state index < -0.39 is 18.8 Å². The van der Waals surface area contributed by atoms with Gasteiger partial charge < -0.3 is 15.0 Å². The monoisotopic (exact) mass is 467 g/mol. The van der Waals surface area contributed by atoms with Crippen LogP contribution in [0.25, 0.3) is 22.2 Å². The highest BCUT2D eigenvalue weighted by Gasteiger charge is 2.36. The fourth-order valence-corrected chi connectivity index (χ4v) is 4.39. The first-order chi connectivity index (χ1) is 16.3. The van der Waals surface area contributed by atoms with E-state index in [-0.39, 0.29) is 23.4 Å². The average molecular weight is 467 g/mol. The Labute approximate surface area is 194 Å². The van der Waals surface area contributed by atoms with E-state index in [1.54, 1.807) is 35.2 Å². The summed E-state index contributed by atoms with van der Waals surface area (Å²) in [4.78, 5) is 13.5. The smallest absolute Gasteiger partial charge is 0.387 e. The van der Waals surface area contributed by atoms with Crippen molar-refractivity contribution in [2.24, 2.45) is 5.73 Å². The van der Waals surface area contributed by atoms with Gasteiger partial charge in [0, 0.05) is 41.9 Å². The molecule has 2 aromatic carbocycles. The molecule has 0 saturated carbocycles. The first-order valence-electron chi connectivity index (χ1n) is 11.0. The quantitative estimate of drug-likeness (QED) is 0.414. The van der Waals surface area contributed by atoms with Crippen LogP contribution in [0.1, 0.15) is 49.7 Å². The molecule has 0 amide bonds.